The molecule has 0 radical (unpaired) electrons. The number of para-hydroxylation sites is 1. The van der Waals surface area contributed by atoms with Crippen LogP contribution in [0.2, 0.25) is 0 Å². The van der Waals surface area contributed by atoms with E-state index in [0.29, 0.717) is 19.4 Å². The highest BCUT2D eigenvalue weighted by Gasteiger charge is 2.14. The highest BCUT2D eigenvalue weighted by atomic mass is 16.1. The molecule has 0 atom stereocenters. The summed E-state index contributed by atoms with van der Waals surface area (Å²) in [5.41, 5.74) is 5.09. The van der Waals surface area contributed by atoms with Gasteiger partial charge in [0.25, 0.3) is 0 Å². The fourth-order valence-electron chi connectivity index (χ4n) is 3.72. The van der Waals surface area contributed by atoms with Gasteiger partial charge in [-0.2, -0.15) is 5.10 Å². The van der Waals surface area contributed by atoms with Gasteiger partial charge in [-0.05, 0) is 56.5 Å². The second-order valence-corrected chi connectivity index (χ2v) is 7.40. The van der Waals surface area contributed by atoms with Crippen LogP contribution in [0.3, 0.4) is 0 Å². The second kappa shape index (κ2) is 8.90. The SMILES string of the molecule is Cc1nn(-c2ccccc2)c(C)c1CCC(=O)NCCCc1nnc2ccccn12. The first-order chi connectivity index (χ1) is 14.6. The first kappa shape index (κ1) is 19.8. The van der Waals surface area contributed by atoms with Crippen LogP contribution >= 0.6 is 0 Å². The van der Waals surface area contributed by atoms with Crippen LogP contribution in [0.15, 0.2) is 54.7 Å². The van der Waals surface area contributed by atoms with Gasteiger partial charge >= 0.3 is 0 Å². The summed E-state index contributed by atoms with van der Waals surface area (Å²) < 4.78 is 3.93. The summed E-state index contributed by atoms with van der Waals surface area (Å²) in [7, 11) is 0. The zero-order valence-corrected chi connectivity index (χ0v) is 17.4. The number of pyridine rings is 1. The third-order valence-corrected chi connectivity index (χ3v) is 5.33. The lowest BCUT2D eigenvalue weighted by Crippen LogP contribution is -2.25. The molecule has 0 unspecified atom stereocenters. The van der Waals surface area contributed by atoms with Crippen LogP contribution in [0.4, 0.5) is 0 Å². The van der Waals surface area contributed by atoms with Crippen LogP contribution in [0.5, 0.6) is 0 Å². The van der Waals surface area contributed by atoms with E-state index in [1.165, 1.54) is 0 Å². The molecule has 1 aromatic carbocycles. The van der Waals surface area contributed by atoms with Crippen molar-refractivity contribution in [3.05, 3.63) is 77.5 Å². The van der Waals surface area contributed by atoms with Crippen molar-refractivity contribution in [2.75, 3.05) is 6.54 Å². The van der Waals surface area contributed by atoms with Gasteiger partial charge in [0.15, 0.2) is 5.65 Å². The molecule has 3 heterocycles. The number of carbonyl (C=O) groups is 1. The number of aromatic nitrogens is 5. The fraction of sp³-hybridized carbons (Fsp3) is 0.304. The van der Waals surface area contributed by atoms with Crippen molar-refractivity contribution in [3.8, 4) is 5.69 Å². The quantitative estimate of drug-likeness (QED) is 0.459. The highest BCUT2D eigenvalue weighted by Crippen LogP contribution is 2.19. The Bertz CT molecular complexity index is 1150. The maximum Gasteiger partial charge on any atom is 0.220 e. The number of fused-ring (bicyclic) bond motifs is 1. The van der Waals surface area contributed by atoms with Gasteiger partial charge in [-0.3, -0.25) is 9.20 Å². The number of nitrogens with zero attached hydrogens (tertiary/aromatic N) is 5. The van der Waals surface area contributed by atoms with Gasteiger partial charge < -0.3 is 5.32 Å². The standard InChI is InChI=1S/C23H26N6O/c1-17-20(18(2)29(27-17)19-9-4-3-5-10-19)13-14-23(30)24-15-8-12-22-26-25-21-11-6-7-16-28(21)22/h3-7,9-11,16H,8,12-15H2,1-2H3,(H,24,30). The zero-order chi connectivity index (χ0) is 20.9. The van der Waals surface area contributed by atoms with Gasteiger partial charge in [0.1, 0.15) is 5.82 Å². The van der Waals surface area contributed by atoms with Crippen molar-refractivity contribution in [1.29, 1.82) is 0 Å². The Morgan fingerprint density at radius 1 is 1.00 bits per heavy atom. The molecular formula is C23H26N6O. The summed E-state index contributed by atoms with van der Waals surface area (Å²) >= 11 is 0. The molecular weight excluding hydrogens is 376 g/mol. The molecule has 0 saturated carbocycles. The minimum Gasteiger partial charge on any atom is -0.356 e. The number of carbonyl (C=O) groups excluding carboxylic acids is 1. The molecule has 7 heteroatoms. The average molecular weight is 403 g/mol. The Morgan fingerprint density at radius 2 is 1.80 bits per heavy atom. The van der Waals surface area contributed by atoms with Gasteiger partial charge in [-0.15, -0.1) is 10.2 Å². The molecule has 3 aromatic heterocycles. The maximum atomic E-state index is 12.3. The fourth-order valence-corrected chi connectivity index (χ4v) is 3.72. The first-order valence-corrected chi connectivity index (χ1v) is 10.3. The lowest BCUT2D eigenvalue weighted by molar-refractivity contribution is -0.121. The highest BCUT2D eigenvalue weighted by molar-refractivity contribution is 5.76. The Kier molecular flexibility index (Phi) is 5.88. The Labute approximate surface area is 175 Å². The normalized spacial score (nSPS) is 11.1. The third-order valence-electron chi connectivity index (χ3n) is 5.33. The number of aryl methyl sites for hydroxylation is 2. The molecule has 30 heavy (non-hydrogen) atoms. The molecule has 7 nitrogen and oxygen atoms in total. The Morgan fingerprint density at radius 3 is 2.63 bits per heavy atom. The monoisotopic (exact) mass is 402 g/mol. The van der Waals surface area contributed by atoms with Crippen LogP contribution in [0.1, 0.15) is 35.6 Å². The molecule has 4 aromatic rings. The van der Waals surface area contributed by atoms with E-state index in [0.717, 1.165) is 47.0 Å². The Hall–Kier alpha value is -3.48. The maximum absolute atomic E-state index is 12.3. The van der Waals surface area contributed by atoms with Crippen molar-refractivity contribution < 1.29 is 4.79 Å². The van der Waals surface area contributed by atoms with E-state index in [4.69, 9.17) is 0 Å². The first-order valence-electron chi connectivity index (χ1n) is 10.3. The molecule has 1 amide bonds. The molecule has 0 bridgehead atoms. The molecule has 0 spiro atoms. The van der Waals surface area contributed by atoms with E-state index < -0.39 is 0 Å². The molecule has 4 rings (SSSR count). The predicted octanol–water partition coefficient (Wildman–Crippen LogP) is 3.21. The van der Waals surface area contributed by atoms with Crippen molar-refractivity contribution >= 4 is 11.6 Å². The van der Waals surface area contributed by atoms with Crippen LogP contribution in [-0.4, -0.2) is 36.8 Å². The molecule has 1 N–H and O–H groups in total. The van der Waals surface area contributed by atoms with Gasteiger partial charge in [-0.25, -0.2) is 4.68 Å². The molecule has 154 valence electrons. The predicted molar refractivity (Wildman–Crippen MR) is 116 cm³/mol. The number of hydrogen-bond acceptors (Lipinski definition) is 4. The van der Waals surface area contributed by atoms with Crippen molar-refractivity contribution in [3.63, 3.8) is 0 Å². The lowest BCUT2D eigenvalue weighted by atomic mass is 10.1. The summed E-state index contributed by atoms with van der Waals surface area (Å²) in [6.07, 6.45) is 4.70. The molecule has 0 aliphatic heterocycles. The number of rotatable bonds is 8. The van der Waals surface area contributed by atoms with Crippen LogP contribution in [0.25, 0.3) is 11.3 Å². The lowest BCUT2D eigenvalue weighted by Gasteiger charge is -2.07. The summed E-state index contributed by atoms with van der Waals surface area (Å²) in [5, 5.41) is 16.1. The van der Waals surface area contributed by atoms with E-state index in [9.17, 15) is 4.79 Å². The van der Waals surface area contributed by atoms with Crippen LogP contribution < -0.4 is 5.32 Å². The minimum absolute atomic E-state index is 0.0624. The Balaban J connectivity index is 1.27. The second-order valence-electron chi connectivity index (χ2n) is 7.40. The number of nitrogens with one attached hydrogen (secondary N) is 1. The average Bonchev–Trinajstić information content (AvgIpc) is 3.31. The number of amides is 1. The number of benzene rings is 1. The van der Waals surface area contributed by atoms with Crippen molar-refractivity contribution in [2.45, 2.75) is 39.5 Å². The van der Waals surface area contributed by atoms with Gasteiger partial charge in [0, 0.05) is 31.3 Å². The van der Waals surface area contributed by atoms with Gasteiger partial charge in [-0.1, -0.05) is 24.3 Å². The molecule has 0 aliphatic rings. The largest absolute Gasteiger partial charge is 0.356 e. The zero-order valence-electron chi connectivity index (χ0n) is 17.4. The van der Waals surface area contributed by atoms with E-state index in [1.54, 1.807) is 0 Å². The van der Waals surface area contributed by atoms with Gasteiger partial charge in [0.2, 0.25) is 5.91 Å². The van der Waals surface area contributed by atoms with Crippen molar-refractivity contribution in [1.82, 2.24) is 29.7 Å². The molecule has 0 saturated heterocycles. The number of hydrogen-bond donors (Lipinski definition) is 1. The summed E-state index contributed by atoms with van der Waals surface area (Å²) in [6, 6.07) is 15.9. The van der Waals surface area contributed by atoms with Crippen molar-refractivity contribution in [2.24, 2.45) is 0 Å². The van der Waals surface area contributed by atoms with E-state index in [1.807, 2.05) is 70.7 Å². The van der Waals surface area contributed by atoms with E-state index in [-0.39, 0.29) is 5.91 Å². The van der Waals surface area contributed by atoms with Crippen LogP contribution in [-0.2, 0) is 17.6 Å². The smallest absolute Gasteiger partial charge is 0.220 e. The molecule has 0 fully saturated rings. The van der Waals surface area contributed by atoms with E-state index in [2.05, 4.69) is 27.5 Å². The molecule has 0 aliphatic carbocycles. The summed E-state index contributed by atoms with van der Waals surface area (Å²) in [6.45, 7) is 4.69. The topological polar surface area (TPSA) is 77.1 Å². The van der Waals surface area contributed by atoms with Gasteiger partial charge in [0.05, 0.1) is 11.4 Å². The van der Waals surface area contributed by atoms with E-state index >= 15 is 0 Å². The minimum atomic E-state index is 0.0624. The summed E-state index contributed by atoms with van der Waals surface area (Å²) in [5.74, 6) is 0.979. The third kappa shape index (κ3) is 4.25. The summed E-state index contributed by atoms with van der Waals surface area (Å²) in [4.78, 5) is 12.3. The van der Waals surface area contributed by atoms with Crippen LogP contribution in [0, 0.1) is 13.8 Å².